The maximum atomic E-state index is 12.7. The number of esters is 1. The van der Waals surface area contributed by atoms with Crippen molar-refractivity contribution in [2.24, 2.45) is 5.92 Å². The Morgan fingerprint density at radius 2 is 2.10 bits per heavy atom. The fraction of sp³-hybridized carbons (Fsp3) is 0.667. The van der Waals surface area contributed by atoms with Crippen LogP contribution in [0, 0.1) is 5.92 Å². The van der Waals surface area contributed by atoms with Gasteiger partial charge in [0.25, 0.3) is 10.0 Å². The standard InChI is InChI=1S/C12H20N2O5S2/c1-9(2)7-14(5-6-18-3)21(16,17)12-10(11(15)19-4)13-8-20-12/h8-9H,5-7H2,1-4H3. The van der Waals surface area contributed by atoms with Gasteiger partial charge in [-0.15, -0.1) is 11.3 Å². The average molecular weight is 336 g/mol. The second kappa shape index (κ2) is 7.83. The Hall–Kier alpha value is -1.03. The van der Waals surface area contributed by atoms with E-state index in [2.05, 4.69) is 9.72 Å². The average Bonchev–Trinajstić information content (AvgIpc) is 2.92. The van der Waals surface area contributed by atoms with Gasteiger partial charge >= 0.3 is 5.97 Å². The molecule has 0 aromatic carbocycles. The molecule has 9 heteroatoms. The molecule has 1 aromatic rings. The van der Waals surface area contributed by atoms with Crippen LogP contribution in [0.2, 0.25) is 0 Å². The summed E-state index contributed by atoms with van der Waals surface area (Å²) in [5.41, 5.74) is 1.15. The zero-order valence-electron chi connectivity index (χ0n) is 12.5. The van der Waals surface area contributed by atoms with Gasteiger partial charge in [-0.2, -0.15) is 4.31 Å². The van der Waals surface area contributed by atoms with Crippen LogP contribution in [-0.2, 0) is 19.5 Å². The Morgan fingerprint density at radius 1 is 1.43 bits per heavy atom. The molecular formula is C12H20N2O5S2. The highest BCUT2D eigenvalue weighted by Gasteiger charge is 2.32. The lowest BCUT2D eigenvalue weighted by Gasteiger charge is -2.23. The monoisotopic (exact) mass is 336 g/mol. The van der Waals surface area contributed by atoms with Crippen molar-refractivity contribution in [2.45, 2.75) is 18.1 Å². The molecule has 120 valence electrons. The summed E-state index contributed by atoms with van der Waals surface area (Å²) < 4.78 is 36.2. The number of nitrogens with zero attached hydrogens (tertiary/aromatic N) is 2. The smallest absolute Gasteiger partial charge is 0.358 e. The summed E-state index contributed by atoms with van der Waals surface area (Å²) in [5, 5.41) is 0. The van der Waals surface area contributed by atoms with Crippen molar-refractivity contribution in [3.63, 3.8) is 0 Å². The van der Waals surface area contributed by atoms with Crippen LogP contribution in [0.1, 0.15) is 24.3 Å². The molecule has 0 bridgehead atoms. The quantitative estimate of drug-likeness (QED) is 0.664. The van der Waals surface area contributed by atoms with E-state index in [0.717, 1.165) is 11.3 Å². The van der Waals surface area contributed by atoms with Crippen molar-refractivity contribution in [1.29, 1.82) is 0 Å². The fourth-order valence-corrected chi connectivity index (χ4v) is 4.54. The van der Waals surface area contributed by atoms with Gasteiger partial charge in [-0.3, -0.25) is 0 Å². The van der Waals surface area contributed by atoms with Crippen LogP contribution in [0.15, 0.2) is 9.72 Å². The van der Waals surface area contributed by atoms with E-state index in [4.69, 9.17) is 4.74 Å². The molecule has 0 saturated carbocycles. The predicted octanol–water partition coefficient (Wildman–Crippen LogP) is 1.22. The van der Waals surface area contributed by atoms with Gasteiger partial charge < -0.3 is 9.47 Å². The Labute approximate surface area is 128 Å². The van der Waals surface area contributed by atoms with E-state index in [0.29, 0.717) is 6.54 Å². The van der Waals surface area contributed by atoms with E-state index in [1.807, 2.05) is 13.8 Å². The summed E-state index contributed by atoms with van der Waals surface area (Å²) in [6.45, 7) is 4.67. The van der Waals surface area contributed by atoms with Crippen LogP contribution in [0.3, 0.4) is 0 Å². The Morgan fingerprint density at radius 3 is 2.62 bits per heavy atom. The molecule has 0 spiro atoms. The number of hydrogen-bond acceptors (Lipinski definition) is 7. The van der Waals surface area contributed by atoms with Crippen molar-refractivity contribution in [3.05, 3.63) is 11.2 Å². The molecular weight excluding hydrogens is 316 g/mol. The van der Waals surface area contributed by atoms with Crippen LogP contribution in [-0.4, -0.2) is 57.6 Å². The third-order valence-electron chi connectivity index (χ3n) is 2.60. The van der Waals surface area contributed by atoms with Crippen molar-refractivity contribution < 1.29 is 22.7 Å². The number of ether oxygens (including phenoxy) is 2. The first-order chi connectivity index (χ1) is 9.84. The van der Waals surface area contributed by atoms with Gasteiger partial charge in [-0.05, 0) is 5.92 Å². The first-order valence-electron chi connectivity index (χ1n) is 6.35. The molecule has 0 atom stereocenters. The highest BCUT2D eigenvalue weighted by Crippen LogP contribution is 2.25. The Kier molecular flexibility index (Phi) is 6.72. The number of carbonyl (C=O) groups is 1. The number of methoxy groups -OCH3 is 2. The van der Waals surface area contributed by atoms with Crippen molar-refractivity contribution in [2.75, 3.05) is 33.9 Å². The van der Waals surface area contributed by atoms with E-state index >= 15 is 0 Å². The molecule has 7 nitrogen and oxygen atoms in total. The highest BCUT2D eigenvalue weighted by atomic mass is 32.2. The summed E-state index contributed by atoms with van der Waals surface area (Å²) in [6.07, 6.45) is 0. The first-order valence-corrected chi connectivity index (χ1v) is 8.67. The number of carbonyl (C=O) groups excluding carboxylic acids is 1. The minimum absolute atomic E-state index is 0.0916. The lowest BCUT2D eigenvalue weighted by molar-refractivity contribution is 0.0590. The second-order valence-electron chi connectivity index (χ2n) is 4.73. The van der Waals surface area contributed by atoms with E-state index in [9.17, 15) is 13.2 Å². The minimum atomic E-state index is -3.80. The zero-order chi connectivity index (χ0) is 16.0. The van der Waals surface area contributed by atoms with Crippen LogP contribution < -0.4 is 0 Å². The summed E-state index contributed by atoms with van der Waals surface area (Å²) in [4.78, 5) is 15.4. The van der Waals surface area contributed by atoms with Gasteiger partial charge in [0, 0.05) is 20.2 Å². The number of thiazole rings is 1. The number of sulfonamides is 1. The molecule has 0 unspecified atom stereocenters. The van der Waals surface area contributed by atoms with Gasteiger partial charge in [-0.1, -0.05) is 13.8 Å². The Balaban J connectivity index is 3.16. The van der Waals surface area contributed by atoms with E-state index in [1.165, 1.54) is 24.0 Å². The summed E-state index contributed by atoms with van der Waals surface area (Å²) in [5.74, 6) is -0.614. The molecule has 0 radical (unpaired) electrons. The molecule has 1 heterocycles. The predicted molar refractivity (Wildman–Crippen MR) is 78.9 cm³/mol. The van der Waals surface area contributed by atoms with Gasteiger partial charge in [0.2, 0.25) is 0 Å². The maximum absolute atomic E-state index is 12.7. The van der Waals surface area contributed by atoms with Crippen LogP contribution in [0.25, 0.3) is 0 Å². The molecule has 0 aliphatic heterocycles. The summed E-state index contributed by atoms with van der Waals surface area (Å²) in [7, 11) is -1.11. The molecule has 21 heavy (non-hydrogen) atoms. The normalized spacial score (nSPS) is 12.1. The van der Waals surface area contributed by atoms with Gasteiger partial charge in [0.15, 0.2) is 9.90 Å². The fourth-order valence-electron chi connectivity index (χ4n) is 1.68. The van der Waals surface area contributed by atoms with E-state index < -0.39 is 16.0 Å². The molecule has 0 aliphatic rings. The number of rotatable bonds is 8. The second-order valence-corrected chi connectivity index (χ2v) is 7.72. The molecule has 0 amide bonds. The topological polar surface area (TPSA) is 85.8 Å². The van der Waals surface area contributed by atoms with Gasteiger partial charge in [-0.25, -0.2) is 18.2 Å². The zero-order valence-corrected chi connectivity index (χ0v) is 14.2. The molecule has 1 rings (SSSR count). The molecule has 0 fully saturated rings. The Bertz CT molecular complexity index is 568. The highest BCUT2D eigenvalue weighted by molar-refractivity contribution is 7.91. The summed E-state index contributed by atoms with van der Waals surface area (Å²) >= 11 is 0.907. The first kappa shape index (κ1) is 18.0. The number of hydrogen-bond donors (Lipinski definition) is 0. The third kappa shape index (κ3) is 4.47. The minimum Gasteiger partial charge on any atom is -0.464 e. The maximum Gasteiger partial charge on any atom is 0.358 e. The largest absolute Gasteiger partial charge is 0.464 e. The lowest BCUT2D eigenvalue weighted by Crippen LogP contribution is -2.37. The van der Waals surface area contributed by atoms with Gasteiger partial charge in [0.05, 0.1) is 19.2 Å². The van der Waals surface area contributed by atoms with Crippen LogP contribution in [0.4, 0.5) is 0 Å². The van der Waals surface area contributed by atoms with E-state index in [1.54, 1.807) is 0 Å². The van der Waals surface area contributed by atoms with Crippen molar-refractivity contribution in [3.8, 4) is 0 Å². The SMILES string of the molecule is COCCN(CC(C)C)S(=O)(=O)c1scnc1C(=O)OC. The van der Waals surface area contributed by atoms with Gasteiger partial charge in [0.1, 0.15) is 0 Å². The summed E-state index contributed by atoms with van der Waals surface area (Å²) in [6, 6.07) is 0. The molecule has 0 N–H and O–H groups in total. The third-order valence-corrected chi connectivity index (χ3v) is 5.81. The van der Waals surface area contributed by atoms with Crippen molar-refractivity contribution >= 4 is 27.3 Å². The lowest BCUT2D eigenvalue weighted by atomic mass is 10.2. The number of aromatic nitrogens is 1. The molecule has 0 aliphatic carbocycles. The van der Waals surface area contributed by atoms with E-state index in [-0.39, 0.29) is 29.0 Å². The molecule has 1 aromatic heterocycles. The van der Waals surface area contributed by atoms with Crippen LogP contribution >= 0.6 is 11.3 Å². The van der Waals surface area contributed by atoms with Crippen molar-refractivity contribution in [1.82, 2.24) is 9.29 Å². The molecule has 0 saturated heterocycles. The van der Waals surface area contributed by atoms with Crippen LogP contribution in [0.5, 0.6) is 0 Å².